The highest BCUT2D eigenvalue weighted by atomic mass is 32.2. The second-order valence-corrected chi connectivity index (χ2v) is 7.21. The molecule has 26 heavy (non-hydrogen) atoms. The average molecular weight is 375 g/mol. The number of aryl methyl sites for hydroxylation is 1. The molecule has 5 nitrogen and oxygen atoms in total. The van der Waals surface area contributed by atoms with E-state index in [1.54, 1.807) is 25.1 Å². The fourth-order valence-electron chi connectivity index (χ4n) is 2.32. The number of hydrogen-bond donors (Lipinski definition) is 2. The highest BCUT2D eigenvalue weighted by Gasteiger charge is 2.16. The Morgan fingerprint density at radius 2 is 1.65 bits per heavy atom. The molecule has 134 valence electrons. The predicted octanol–water partition coefficient (Wildman–Crippen LogP) is 4.21. The van der Waals surface area contributed by atoms with E-state index < -0.39 is 21.7 Å². The van der Waals surface area contributed by atoms with E-state index in [4.69, 9.17) is 0 Å². The zero-order valence-electron chi connectivity index (χ0n) is 13.7. The van der Waals surface area contributed by atoms with Gasteiger partial charge in [0, 0.05) is 11.8 Å². The van der Waals surface area contributed by atoms with E-state index in [2.05, 4.69) is 15.0 Å². The van der Waals surface area contributed by atoms with E-state index in [0.717, 1.165) is 12.1 Å². The Hall–Kier alpha value is -3.00. The summed E-state index contributed by atoms with van der Waals surface area (Å²) in [6.07, 6.45) is 1.33. The maximum absolute atomic E-state index is 13.2. The van der Waals surface area contributed by atoms with Crippen LogP contribution >= 0.6 is 0 Å². The normalized spacial score (nSPS) is 11.2. The van der Waals surface area contributed by atoms with Gasteiger partial charge in [0.2, 0.25) is 0 Å². The maximum atomic E-state index is 13.2. The summed E-state index contributed by atoms with van der Waals surface area (Å²) >= 11 is 0. The van der Waals surface area contributed by atoms with Gasteiger partial charge in [0.1, 0.15) is 5.82 Å². The summed E-state index contributed by atoms with van der Waals surface area (Å²) in [6, 6.07) is 13.1. The molecule has 0 aliphatic carbocycles. The van der Waals surface area contributed by atoms with Gasteiger partial charge in [-0.25, -0.2) is 22.2 Å². The lowest BCUT2D eigenvalue weighted by molar-refractivity contribution is 0.509. The number of benzene rings is 2. The van der Waals surface area contributed by atoms with Crippen molar-refractivity contribution in [3.63, 3.8) is 0 Å². The van der Waals surface area contributed by atoms with Crippen LogP contribution in [0.15, 0.2) is 65.7 Å². The predicted molar refractivity (Wildman–Crippen MR) is 95.9 cm³/mol. The van der Waals surface area contributed by atoms with E-state index in [9.17, 15) is 17.2 Å². The lowest BCUT2D eigenvalue weighted by Gasteiger charge is -2.11. The van der Waals surface area contributed by atoms with Crippen molar-refractivity contribution in [1.82, 2.24) is 4.98 Å². The molecule has 0 spiro atoms. The SMILES string of the molecule is Cc1ccccc1S(=O)(=O)Nc1ccc(Nc2ccc(F)c(F)c2)nc1. The van der Waals surface area contributed by atoms with Crippen molar-refractivity contribution in [2.24, 2.45) is 0 Å². The summed E-state index contributed by atoms with van der Waals surface area (Å²) in [6.45, 7) is 1.71. The number of nitrogens with one attached hydrogen (secondary N) is 2. The summed E-state index contributed by atoms with van der Waals surface area (Å²) in [5, 5.41) is 2.81. The Labute approximate surface area is 149 Å². The van der Waals surface area contributed by atoms with Gasteiger partial charge in [0.15, 0.2) is 11.6 Å². The molecular weight excluding hydrogens is 360 g/mol. The fraction of sp³-hybridized carbons (Fsp3) is 0.0556. The first-order chi connectivity index (χ1) is 12.3. The number of halogens is 2. The van der Waals surface area contributed by atoms with Crippen LogP contribution in [0.2, 0.25) is 0 Å². The molecular formula is C18H15F2N3O2S. The highest BCUT2D eigenvalue weighted by Crippen LogP contribution is 2.21. The van der Waals surface area contributed by atoms with Crippen LogP contribution in [-0.2, 0) is 10.0 Å². The molecule has 1 heterocycles. The minimum Gasteiger partial charge on any atom is -0.340 e. The van der Waals surface area contributed by atoms with Crippen molar-refractivity contribution < 1.29 is 17.2 Å². The smallest absolute Gasteiger partial charge is 0.262 e. The topological polar surface area (TPSA) is 71.1 Å². The molecule has 0 aliphatic heterocycles. The molecule has 0 saturated heterocycles. The number of sulfonamides is 1. The lowest BCUT2D eigenvalue weighted by atomic mass is 10.2. The molecule has 0 radical (unpaired) electrons. The minimum absolute atomic E-state index is 0.184. The van der Waals surface area contributed by atoms with Crippen LogP contribution in [0.4, 0.5) is 26.0 Å². The third-order valence-electron chi connectivity index (χ3n) is 3.59. The summed E-state index contributed by atoms with van der Waals surface area (Å²) < 4.78 is 53.5. The van der Waals surface area contributed by atoms with Crippen LogP contribution in [0.5, 0.6) is 0 Å². The summed E-state index contributed by atoms with van der Waals surface area (Å²) in [5.74, 6) is -1.56. The van der Waals surface area contributed by atoms with Gasteiger partial charge in [-0.2, -0.15) is 0 Å². The Bertz CT molecular complexity index is 1040. The molecule has 1 aromatic heterocycles. The van der Waals surface area contributed by atoms with Crippen LogP contribution < -0.4 is 10.0 Å². The van der Waals surface area contributed by atoms with Crippen LogP contribution in [0, 0.1) is 18.6 Å². The molecule has 0 amide bonds. The van der Waals surface area contributed by atoms with Crippen LogP contribution in [-0.4, -0.2) is 13.4 Å². The average Bonchev–Trinajstić information content (AvgIpc) is 2.60. The Kier molecular flexibility index (Phi) is 4.85. The van der Waals surface area contributed by atoms with Crippen molar-refractivity contribution >= 4 is 27.2 Å². The van der Waals surface area contributed by atoms with E-state index in [1.807, 2.05) is 0 Å². The van der Waals surface area contributed by atoms with Crippen molar-refractivity contribution in [2.75, 3.05) is 10.0 Å². The minimum atomic E-state index is -3.73. The fourth-order valence-corrected chi connectivity index (χ4v) is 3.61. The standard InChI is InChI=1S/C18H15F2N3O2S/c1-12-4-2-3-5-17(12)26(24,25)23-14-7-9-18(21-11-14)22-13-6-8-15(19)16(20)10-13/h2-11,23H,1H3,(H,21,22). The molecule has 0 aliphatic rings. The van der Waals surface area contributed by atoms with Crippen LogP contribution in [0.3, 0.4) is 0 Å². The zero-order chi connectivity index (χ0) is 18.7. The summed E-state index contributed by atoms with van der Waals surface area (Å²) in [4.78, 5) is 4.26. The van der Waals surface area contributed by atoms with Gasteiger partial charge in [-0.05, 0) is 42.8 Å². The van der Waals surface area contributed by atoms with Gasteiger partial charge in [-0.15, -0.1) is 0 Å². The van der Waals surface area contributed by atoms with E-state index >= 15 is 0 Å². The number of hydrogen-bond acceptors (Lipinski definition) is 4. The van der Waals surface area contributed by atoms with Crippen LogP contribution in [0.1, 0.15) is 5.56 Å². The van der Waals surface area contributed by atoms with Gasteiger partial charge in [0.25, 0.3) is 10.0 Å². The van der Waals surface area contributed by atoms with Crippen molar-refractivity contribution in [3.8, 4) is 0 Å². The molecule has 0 bridgehead atoms. The van der Waals surface area contributed by atoms with Gasteiger partial charge in [0.05, 0.1) is 16.8 Å². The number of nitrogens with zero attached hydrogens (tertiary/aromatic N) is 1. The first-order valence-corrected chi connectivity index (χ1v) is 9.10. The van der Waals surface area contributed by atoms with E-state index in [-0.39, 0.29) is 10.6 Å². The van der Waals surface area contributed by atoms with Gasteiger partial charge >= 0.3 is 0 Å². The first kappa shape index (κ1) is 17.8. The molecule has 0 atom stereocenters. The number of pyridine rings is 1. The van der Waals surface area contributed by atoms with Crippen LogP contribution in [0.25, 0.3) is 0 Å². The Balaban J connectivity index is 1.75. The summed E-state index contributed by atoms with van der Waals surface area (Å²) in [5.41, 5.74) is 1.23. The molecule has 0 saturated carbocycles. The Morgan fingerprint density at radius 1 is 0.923 bits per heavy atom. The molecule has 3 rings (SSSR count). The lowest BCUT2D eigenvalue weighted by Crippen LogP contribution is -2.14. The van der Waals surface area contributed by atoms with Gasteiger partial charge in [-0.1, -0.05) is 18.2 Å². The third-order valence-corrected chi connectivity index (χ3v) is 5.13. The quantitative estimate of drug-likeness (QED) is 0.701. The molecule has 2 aromatic carbocycles. The second kappa shape index (κ2) is 7.09. The second-order valence-electron chi connectivity index (χ2n) is 5.56. The molecule has 0 fully saturated rings. The largest absolute Gasteiger partial charge is 0.340 e. The van der Waals surface area contributed by atoms with Gasteiger partial charge in [-0.3, -0.25) is 4.72 Å². The molecule has 0 unspecified atom stereocenters. The summed E-state index contributed by atoms with van der Waals surface area (Å²) in [7, 11) is -3.73. The first-order valence-electron chi connectivity index (χ1n) is 7.62. The highest BCUT2D eigenvalue weighted by molar-refractivity contribution is 7.92. The van der Waals surface area contributed by atoms with Crippen molar-refractivity contribution in [1.29, 1.82) is 0 Å². The van der Waals surface area contributed by atoms with Crippen molar-refractivity contribution in [2.45, 2.75) is 11.8 Å². The number of anilines is 3. The zero-order valence-corrected chi connectivity index (χ0v) is 14.5. The molecule has 2 N–H and O–H groups in total. The van der Waals surface area contributed by atoms with Crippen molar-refractivity contribution in [3.05, 3.63) is 78.0 Å². The molecule has 3 aromatic rings. The molecule has 8 heteroatoms. The van der Waals surface area contributed by atoms with E-state index in [1.165, 1.54) is 30.5 Å². The number of aromatic nitrogens is 1. The van der Waals surface area contributed by atoms with E-state index in [0.29, 0.717) is 17.1 Å². The van der Waals surface area contributed by atoms with Gasteiger partial charge < -0.3 is 5.32 Å². The maximum Gasteiger partial charge on any atom is 0.262 e. The monoisotopic (exact) mass is 375 g/mol. The third kappa shape index (κ3) is 3.97. The Morgan fingerprint density at radius 3 is 2.31 bits per heavy atom. The number of rotatable bonds is 5.